The molecule has 8 nitrogen and oxygen atoms in total. The van der Waals surface area contributed by atoms with E-state index in [2.05, 4.69) is 17.6 Å². The summed E-state index contributed by atoms with van der Waals surface area (Å²) >= 11 is 0. The van der Waals surface area contributed by atoms with E-state index in [1.807, 2.05) is 24.3 Å². The van der Waals surface area contributed by atoms with Crippen LogP contribution in [0.1, 0.15) is 38.2 Å². The van der Waals surface area contributed by atoms with E-state index in [4.69, 9.17) is 4.74 Å². The van der Waals surface area contributed by atoms with Crippen molar-refractivity contribution < 1.29 is 23.9 Å². The van der Waals surface area contributed by atoms with Crippen LogP contribution in [0.5, 0.6) is 0 Å². The molecular weight excluding hydrogens is 350 g/mol. The van der Waals surface area contributed by atoms with Gasteiger partial charge < -0.3 is 15.4 Å². The lowest BCUT2D eigenvalue weighted by Crippen LogP contribution is -2.32. The molecule has 0 bridgehead atoms. The summed E-state index contributed by atoms with van der Waals surface area (Å²) in [6.07, 6.45) is 3.58. The Morgan fingerprint density at radius 2 is 1.93 bits per heavy atom. The number of amides is 4. The van der Waals surface area contributed by atoms with Gasteiger partial charge in [-0.3, -0.25) is 19.3 Å². The quantitative estimate of drug-likeness (QED) is 0.480. The van der Waals surface area contributed by atoms with E-state index < -0.39 is 17.9 Å². The molecule has 8 heteroatoms. The molecule has 2 rings (SSSR count). The van der Waals surface area contributed by atoms with Crippen LogP contribution in [-0.4, -0.2) is 48.4 Å². The fourth-order valence-corrected chi connectivity index (χ4v) is 2.61. The van der Waals surface area contributed by atoms with Gasteiger partial charge in [0.25, 0.3) is 5.91 Å². The zero-order valence-corrected chi connectivity index (χ0v) is 15.5. The molecule has 2 N–H and O–H groups in total. The number of anilines is 1. The van der Waals surface area contributed by atoms with Gasteiger partial charge in [0.05, 0.1) is 6.54 Å². The van der Waals surface area contributed by atoms with Crippen molar-refractivity contribution in [1.29, 1.82) is 0 Å². The summed E-state index contributed by atoms with van der Waals surface area (Å²) < 4.78 is 4.92. The zero-order chi connectivity index (χ0) is 19.6. The monoisotopic (exact) mass is 375 g/mol. The van der Waals surface area contributed by atoms with Crippen molar-refractivity contribution in [3.05, 3.63) is 29.8 Å². The number of carbonyl (C=O) groups excluding carboxylic acids is 4. The number of urea groups is 1. The van der Waals surface area contributed by atoms with Gasteiger partial charge in [0.2, 0.25) is 5.91 Å². The van der Waals surface area contributed by atoms with E-state index in [0.717, 1.165) is 24.2 Å². The van der Waals surface area contributed by atoms with Crippen LogP contribution in [-0.2, 0) is 25.5 Å². The number of esters is 1. The fraction of sp³-hybridized carbons (Fsp3) is 0.474. The maximum Gasteiger partial charge on any atom is 0.324 e. The highest BCUT2D eigenvalue weighted by molar-refractivity contribution is 6.01. The van der Waals surface area contributed by atoms with E-state index >= 15 is 0 Å². The molecule has 0 aromatic heterocycles. The second-order valence-electron chi connectivity index (χ2n) is 6.32. The minimum absolute atomic E-state index is 0.0109. The van der Waals surface area contributed by atoms with E-state index in [1.54, 1.807) is 0 Å². The molecule has 0 saturated carbocycles. The summed E-state index contributed by atoms with van der Waals surface area (Å²) in [7, 11) is 0. The largest absolute Gasteiger partial charge is 0.456 e. The first kappa shape index (κ1) is 20.4. The van der Waals surface area contributed by atoms with Crippen molar-refractivity contribution in [3.8, 4) is 0 Å². The first-order chi connectivity index (χ1) is 13.0. The second kappa shape index (κ2) is 10.3. The highest BCUT2D eigenvalue weighted by atomic mass is 16.5. The van der Waals surface area contributed by atoms with Crippen molar-refractivity contribution in [2.45, 2.75) is 39.0 Å². The molecule has 1 aliphatic heterocycles. The van der Waals surface area contributed by atoms with Crippen LogP contribution in [0.2, 0.25) is 0 Å². The molecule has 1 fully saturated rings. The van der Waals surface area contributed by atoms with Gasteiger partial charge in [-0.05, 0) is 37.0 Å². The average molecular weight is 375 g/mol. The molecule has 0 radical (unpaired) electrons. The van der Waals surface area contributed by atoms with Gasteiger partial charge in [0.1, 0.15) is 0 Å². The smallest absolute Gasteiger partial charge is 0.324 e. The summed E-state index contributed by atoms with van der Waals surface area (Å²) in [5.74, 6) is -1.28. The van der Waals surface area contributed by atoms with Crippen LogP contribution in [0, 0.1) is 0 Å². The topological polar surface area (TPSA) is 105 Å². The summed E-state index contributed by atoms with van der Waals surface area (Å²) in [4.78, 5) is 47.3. The van der Waals surface area contributed by atoms with E-state index in [0.29, 0.717) is 12.1 Å². The Kier molecular flexibility index (Phi) is 7.79. The number of nitrogens with zero attached hydrogens (tertiary/aromatic N) is 1. The summed E-state index contributed by atoms with van der Waals surface area (Å²) in [5.41, 5.74) is 1.86. The number of unbranched alkanes of at least 4 members (excludes halogenated alkanes) is 1. The number of hydrogen-bond acceptors (Lipinski definition) is 5. The Balaban J connectivity index is 1.63. The number of nitrogens with one attached hydrogen (secondary N) is 2. The van der Waals surface area contributed by atoms with Gasteiger partial charge in [0.15, 0.2) is 6.61 Å². The third-order valence-electron chi connectivity index (χ3n) is 4.12. The Morgan fingerprint density at radius 1 is 1.19 bits per heavy atom. The third kappa shape index (κ3) is 6.73. The number of ether oxygens (including phenoxy) is 1. The first-order valence-electron chi connectivity index (χ1n) is 9.12. The summed E-state index contributed by atoms with van der Waals surface area (Å²) in [6.45, 7) is 1.90. The lowest BCUT2D eigenvalue weighted by molar-refractivity contribution is -0.147. The maximum absolute atomic E-state index is 11.8. The molecule has 1 aliphatic rings. The van der Waals surface area contributed by atoms with Crippen LogP contribution < -0.4 is 10.6 Å². The molecule has 1 saturated heterocycles. The van der Waals surface area contributed by atoms with Gasteiger partial charge >= 0.3 is 12.0 Å². The Bertz CT molecular complexity index is 671. The lowest BCUT2D eigenvalue weighted by atomic mass is 10.1. The van der Waals surface area contributed by atoms with Crippen molar-refractivity contribution >= 4 is 29.5 Å². The molecule has 0 atom stereocenters. The molecule has 0 unspecified atom stereocenters. The number of rotatable bonds is 10. The number of benzene rings is 1. The Hall–Kier alpha value is -2.90. The van der Waals surface area contributed by atoms with Crippen molar-refractivity contribution in [2.24, 2.45) is 0 Å². The Morgan fingerprint density at radius 3 is 2.56 bits per heavy atom. The number of hydrogen-bond donors (Lipinski definition) is 2. The van der Waals surface area contributed by atoms with Crippen LogP contribution in [0.4, 0.5) is 10.5 Å². The normalized spacial score (nSPS) is 13.4. The van der Waals surface area contributed by atoms with Gasteiger partial charge in [-0.15, -0.1) is 0 Å². The third-order valence-corrected chi connectivity index (χ3v) is 4.12. The van der Waals surface area contributed by atoms with Gasteiger partial charge in [-0.25, -0.2) is 4.79 Å². The van der Waals surface area contributed by atoms with E-state index in [1.165, 1.54) is 5.56 Å². The summed E-state index contributed by atoms with van der Waals surface area (Å²) in [6, 6.07) is 7.12. The highest BCUT2D eigenvalue weighted by Crippen LogP contribution is 2.12. The molecule has 4 amide bonds. The van der Waals surface area contributed by atoms with E-state index in [-0.39, 0.29) is 32.0 Å². The number of aryl methyl sites for hydroxylation is 1. The van der Waals surface area contributed by atoms with Gasteiger partial charge in [-0.2, -0.15) is 0 Å². The lowest BCUT2D eigenvalue weighted by Gasteiger charge is -2.11. The van der Waals surface area contributed by atoms with E-state index in [9.17, 15) is 19.2 Å². The molecule has 1 aromatic carbocycles. The van der Waals surface area contributed by atoms with Crippen LogP contribution in [0.3, 0.4) is 0 Å². The molecule has 1 aromatic rings. The van der Waals surface area contributed by atoms with Gasteiger partial charge in [0, 0.05) is 18.7 Å². The van der Waals surface area contributed by atoms with Gasteiger partial charge in [-0.1, -0.05) is 25.5 Å². The average Bonchev–Trinajstić information content (AvgIpc) is 2.98. The van der Waals surface area contributed by atoms with Crippen LogP contribution in [0.25, 0.3) is 0 Å². The molecule has 27 heavy (non-hydrogen) atoms. The van der Waals surface area contributed by atoms with Crippen molar-refractivity contribution in [3.63, 3.8) is 0 Å². The van der Waals surface area contributed by atoms with Crippen LogP contribution >= 0.6 is 0 Å². The van der Waals surface area contributed by atoms with Crippen molar-refractivity contribution in [2.75, 3.05) is 25.0 Å². The number of imide groups is 1. The zero-order valence-electron chi connectivity index (χ0n) is 15.5. The first-order valence-corrected chi connectivity index (χ1v) is 9.12. The number of carbonyl (C=O) groups is 4. The molecule has 0 spiro atoms. The maximum atomic E-state index is 11.8. The highest BCUT2D eigenvalue weighted by Gasteiger charge is 2.27. The second-order valence-corrected chi connectivity index (χ2v) is 6.32. The molecule has 146 valence electrons. The predicted octanol–water partition coefficient (Wildman–Crippen LogP) is 1.84. The van der Waals surface area contributed by atoms with Crippen molar-refractivity contribution in [1.82, 2.24) is 10.2 Å². The SMILES string of the molecule is CCCCc1ccc(NC(=O)COC(=O)CCCN2C(=O)CNC2=O)cc1. The molecular formula is C19H25N3O5. The minimum Gasteiger partial charge on any atom is -0.456 e. The molecule has 1 heterocycles. The predicted molar refractivity (Wildman–Crippen MR) is 99.0 cm³/mol. The summed E-state index contributed by atoms with van der Waals surface area (Å²) in [5, 5.41) is 5.07. The standard InChI is InChI=1S/C19H25N3O5/c1-2-3-5-14-7-9-15(10-8-14)21-16(23)13-27-18(25)6-4-11-22-17(24)12-20-19(22)26/h7-10H,2-6,11-13H2,1H3,(H,20,26)(H,21,23). The fourth-order valence-electron chi connectivity index (χ4n) is 2.61. The molecule has 0 aliphatic carbocycles. The van der Waals surface area contributed by atoms with Crippen LogP contribution in [0.15, 0.2) is 24.3 Å². The Labute approximate surface area is 158 Å². The minimum atomic E-state index is -0.549.